The largest absolute Gasteiger partial charge is 0.444 e. The van der Waals surface area contributed by atoms with E-state index in [-0.39, 0.29) is 17.7 Å². The first-order valence-corrected chi connectivity index (χ1v) is 12.1. The Hall–Kier alpha value is -1.56. The summed E-state index contributed by atoms with van der Waals surface area (Å²) in [6.07, 6.45) is 11.5. The zero-order chi connectivity index (χ0) is 20.7. The maximum atomic E-state index is 13.0. The fourth-order valence-electron chi connectivity index (χ4n) is 7.46. The number of hydrogen-bond acceptors (Lipinski definition) is 4. The van der Waals surface area contributed by atoms with E-state index in [0.29, 0.717) is 5.41 Å². The van der Waals surface area contributed by atoms with Gasteiger partial charge in [0, 0.05) is 43.7 Å². The van der Waals surface area contributed by atoms with Crippen LogP contribution in [0, 0.1) is 11.3 Å². The third-order valence-corrected chi connectivity index (χ3v) is 8.62. The molecule has 1 unspecified atom stereocenters. The number of nitrogens with zero attached hydrogens (tertiary/aromatic N) is 3. The number of rotatable bonds is 2. The van der Waals surface area contributed by atoms with E-state index >= 15 is 0 Å². The second-order valence-electron chi connectivity index (χ2n) is 11.7. The summed E-state index contributed by atoms with van der Waals surface area (Å²) in [6, 6.07) is 0.0472. The second kappa shape index (κ2) is 6.24. The molecule has 0 radical (unpaired) electrons. The molecule has 164 valence electrons. The number of amides is 1. The highest BCUT2D eigenvalue weighted by molar-refractivity contribution is 5.69. The average molecular weight is 413 g/mol. The smallest absolute Gasteiger partial charge is 0.410 e. The predicted molar refractivity (Wildman–Crippen MR) is 114 cm³/mol. The number of carbonyl (C=O) groups is 1. The fraction of sp³-hybridized carbons (Fsp3) is 0.833. The lowest BCUT2D eigenvalue weighted by Gasteiger charge is -2.73. The van der Waals surface area contributed by atoms with Crippen molar-refractivity contribution in [3.63, 3.8) is 0 Å². The van der Waals surface area contributed by atoms with Crippen molar-refractivity contribution in [2.45, 2.75) is 95.7 Å². The van der Waals surface area contributed by atoms with Gasteiger partial charge in [-0.3, -0.25) is 9.58 Å². The number of nitrogens with one attached hydrogen (secondary N) is 1. The molecule has 4 fully saturated rings. The zero-order valence-electron chi connectivity index (χ0n) is 18.8. The topological polar surface area (TPSA) is 59.4 Å². The summed E-state index contributed by atoms with van der Waals surface area (Å²) in [5.41, 5.74) is 4.42. The molecular weight excluding hydrogens is 376 g/mol. The van der Waals surface area contributed by atoms with Crippen molar-refractivity contribution >= 4 is 6.09 Å². The number of hydrogen-bond donors (Lipinski definition) is 1. The lowest BCUT2D eigenvalue weighted by atomic mass is 9.35. The van der Waals surface area contributed by atoms with Crippen LogP contribution >= 0.6 is 0 Å². The molecular formula is C24H36N4O2. The first-order chi connectivity index (χ1) is 14.3. The number of aromatic nitrogens is 2. The molecule has 0 spiro atoms. The zero-order valence-corrected chi connectivity index (χ0v) is 18.8. The van der Waals surface area contributed by atoms with Gasteiger partial charge in [0.15, 0.2) is 0 Å². The van der Waals surface area contributed by atoms with Gasteiger partial charge in [0.05, 0.1) is 17.3 Å². The Morgan fingerprint density at radius 2 is 1.90 bits per heavy atom. The quantitative estimate of drug-likeness (QED) is 0.800. The highest BCUT2D eigenvalue weighted by Gasteiger charge is 2.72. The van der Waals surface area contributed by atoms with Crippen LogP contribution in [0.2, 0.25) is 0 Å². The molecule has 4 saturated carbocycles. The van der Waals surface area contributed by atoms with Crippen molar-refractivity contribution in [1.82, 2.24) is 20.0 Å². The van der Waals surface area contributed by atoms with Gasteiger partial charge in [-0.15, -0.1) is 0 Å². The Morgan fingerprint density at radius 3 is 2.60 bits per heavy atom. The van der Waals surface area contributed by atoms with Crippen molar-refractivity contribution in [3.8, 4) is 0 Å². The van der Waals surface area contributed by atoms with E-state index in [4.69, 9.17) is 9.84 Å². The van der Waals surface area contributed by atoms with Gasteiger partial charge in [-0.1, -0.05) is 12.8 Å². The molecule has 0 aromatic carbocycles. The van der Waals surface area contributed by atoms with Gasteiger partial charge < -0.3 is 10.1 Å². The normalized spacial score (nSPS) is 35.3. The van der Waals surface area contributed by atoms with Gasteiger partial charge in [0.2, 0.25) is 0 Å². The molecule has 4 aliphatic carbocycles. The van der Waals surface area contributed by atoms with Crippen LogP contribution in [0.5, 0.6) is 0 Å². The Labute approximate surface area is 179 Å². The molecule has 7 rings (SSSR count). The van der Waals surface area contributed by atoms with Crippen molar-refractivity contribution < 1.29 is 9.53 Å². The monoisotopic (exact) mass is 412 g/mol. The molecule has 6 nitrogen and oxygen atoms in total. The van der Waals surface area contributed by atoms with E-state index in [1.807, 2.05) is 25.7 Å². The van der Waals surface area contributed by atoms with Gasteiger partial charge in [-0.25, -0.2) is 4.79 Å². The van der Waals surface area contributed by atoms with Crippen LogP contribution in [-0.2, 0) is 23.1 Å². The molecule has 1 N–H and O–H groups in total. The highest BCUT2D eigenvalue weighted by Crippen LogP contribution is 2.76. The molecule has 6 heteroatoms. The Morgan fingerprint density at radius 1 is 1.17 bits per heavy atom. The van der Waals surface area contributed by atoms with Crippen LogP contribution in [0.4, 0.5) is 4.79 Å². The van der Waals surface area contributed by atoms with E-state index in [1.165, 1.54) is 61.9 Å². The number of ether oxygens (including phenoxy) is 1. The first kappa shape index (κ1) is 19.1. The lowest BCUT2D eigenvalue weighted by molar-refractivity contribution is -0.225. The molecule has 1 amide bonds. The predicted octanol–water partition coefficient (Wildman–Crippen LogP) is 3.93. The van der Waals surface area contributed by atoms with E-state index in [2.05, 4.69) is 10.00 Å². The van der Waals surface area contributed by atoms with Crippen molar-refractivity contribution in [2.24, 2.45) is 11.3 Å². The molecule has 1 aromatic rings. The van der Waals surface area contributed by atoms with Crippen LogP contribution in [0.25, 0.3) is 0 Å². The molecule has 1 aromatic heterocycles. The molecule has 2 bridgehead atoms. The Kier molecular flexibility index (Phi) is 3.98. The Balaban J connectivity index is 1.29. The SMILES string of the molecule is CC(C)(C)OC(=O)N1CCc2c3c(nn2C24CC(C5CCCC5)(C2)C4)CCNCC31. The van der Waals surface area contributed by atoms with E-state index in [9.17, 15) is 4.79 Å². The summed E-state index contributed by atoms with van der Waals surface area (Å²) in [5, 5.41) is 8.76. The van der Waals surface area contributed by atoms with Crippen LogP contribution in [0.15, 0.2) is 0 Å². The summed E-state index contributed by atoms with van der Waals surface area (Å²) < 4.78 is 8.20. The summed E-state index contributed by atoms with van der Waals surface area (Å²) in [4.78, 5) is 14.9. The highest BCUT2D eigenvalue weighted by atomic mass is 16.6. The third-order valence-electron chi connectivity index (χ3n) is 8.62. The van der Waals surface area contributed by atoms with Crippen molar-refractivity contribution in [3.05, 3.63) is 17.0 Å². The van der Waals surface area contributed by atoms with Gasteiger partial charge in [0.1, 0.15) is 5.60 Å². The minimum absolute atomic E-state index is 0.0472. The van der Waals surface area contributed by atoms with E-state index in [0.717, 1.165) is 38.4 Å². The molecule has 1 atom stereocenters. The minimum Gasteiger partial charge on any atom is -0.444 e. The van der Waals surface area contributed by atoms with Gasteiger partial charge in [-0.05, 0) is 64.2 Å². The molecule has 2 aliphatic heterocycles. The summed E-state index contributed by atoms with van der Waals surface area (Å²) >= 11 is 0. The fourth-order valence-corrected chi connectivity index (χ4v) is 7.46. The van der Waals surface area contributed by atoms with Crippen LogP contribution in [0.1, 0.15) is 88.7 Å². The molecule has 0 saturated heterocycles. The van der Waals surface area contributed by atoms with Gasteiger partial charge in [0.25, 0.3) is 0 Å². The third kappa shape index (κ3) is 2.64. The summed E-state index contributed by atoms with van der Waals surface area (Å²) in [6.45, 7) is 8.28. The van der Waals surface area contributed by atoms with Gasteiger partial charge >= 0.3 is 6.09 Å². The lowest BCUT2D eigenvalue weighted by Crippen LogP contribution is -2.70. The average Bonchev–Trinajstić information content (AvgIpc) is 3.19. The van der Waals surface area contributed by atoms with E-state index < -0.39 is 5.60 Å². The second-order valence-corrected chi connectivity index (χ2v) is 11.7. The standard InChI is InChI=1S/C24H36N4O2/c1-22(2,3)30-21(29)27-11-9-18-20-17(8-10-25-12-19(20)27)26-28(18)24-13-23(14-24,15-24)16-6-4-5-7-16/h16,19,25H,4-15H2,1-3H3. The summed E-state index contributed by atoms with van der Waals surface area (Å²) in [7, 11) is 0. The maximum absolute atomic E-state index is 13.0. The van der Waals surface area contributed by atoms with E-state index in [1.54, 1.807) is 0 Å². The maximum Gasteiger partial charge on any atom is 0.410 e. The van der Waals surface area contributed by atoms with Crippen molar-refractivity contribution in [2.75, 3.05) is 19.6 Å². The summed E-state index contributed by atoms with van der Waals surface area (Å²) in [5.74, 6) is 0.976. The molecule has 3 heterocycles. The Bertz CT molecular complexity index is 857. The molecule has 30 heavy (non-hydrogen) atoms. The van der Waals surface area contributed by atoms with Crippen LogP contribution in [0.3, 0.4) is 0 Å². The van der Waals surface area contributed by atoms with Crippen LogP contribution < -0.4 is 5.32 Å². The first-order valence-electron chi connectivity index (χ1n) is 12.1. The van der Waals surface area contributed by atoms with Gasteiger partial charge in [-0.2, -0.15) is 5.10 Å². The minimum atomic E-state index is -0.469. The molecule has 6 aliphatic rings. The van der Waals surface area contributed by atoms with Crippen molar-refractivity contribution in [1.29, 1.82) is 0 Å². The van der Waals surface area contributed by atoms with Crippen LogP contribution in [-0.4, -0.2) is 46.0 Å². The number of carbonyl (C=O) groups excluding carboxylic acids is 1.